The van der Waals surface area contributed by atoms with E-state index >= 15 is 0 Å². The SMILES string of the molecule is CC(C)NC(=O)CNC(=O)N(CC(=O)O)CC(=O)O. The van der Waals surface area contributed by atoms with Gasteiger partial charge in [-0.25, -0.2) is 4.79 Å². The van der Waals surface area contributed by atoms with Gasteiger partial charge in [0.15, 0.2) is 0 Å². The van der Waals surface area contributed by atoms with Crippen molar-refractivity contribution in [2.45, 2.75) is 19.9 Å². The van der Waals surface area contributed by atoms with Crippen LogP contribution in [0.2, 0.25) is 0 Å². The zero-order valence-corrected chi connectivity index (χ0v) is 10.7. The average Bonchev–Trinajstić information content (AvgIpc) is 2.22. The molecule has 9 heteroatoms. The lowest BCUT2D eigenvalue weighted by atomic mass is 10.4. The van der Waals surface area contributed by atoms with Gasteiger partial charge in [-0.15, -0.1) is 0 Å². The van der Waals surface area contributed by atoms with Crippen LogP contribution in [0.5, 0.6) is 0 Å². The highest BCUT2D eigenvalue weighted by Gasteiger charge is 2.19. The predicted molar refractivity (Wildman–Crippen MR) is 63.5 cm³/mol. The highest BCUT2D eigenvalue weighted by Crippen LogP contribution is 1.90. The van der Waals surface area contributed by atoms with Gasteiger partial charge in [-0.3, -0.25) is 14.4 Å². The first kappa shape index (κ1) is 16.7. The zero-order valence-electron chi connectivity index (χ0n) is 10.7. The number of hydrogen-bond acceptors (Lipinski definition) is 4. The van der Waals surface area contributed by atoms with Crippen molar-refractivity contribution in [1.29, 1.82) is 0 Å². The van der Waals surface area contributed by atoms with Gasteiger partial charge in [-0.05, 0) is 13.8 Å². The first-order valence-corrected chi connectivity index (χ1v) is 5.48. The van der Waals surface area contributed by atoms with Crippen molar-refractivity contribution in [3.63, 3.8) is 0 Å². The number of nitrogens with zero attached hydrogens (tertiary/aromatic N) is 1. The first-order valence-electron chi connectivity index (χ1n) is 5.48. The Bertz CT molecular complexity index is 352. The molecule has 0 bridgehead atoms. The number of carboxylic acid groups (broad SMARTS) is 2. The van der Waals surface area contributed by atoms with Gasteiger partial charge in [0.25, 0.3) is 0 Å². The molecule has 0 aromatic rings. The minimum Gasteiger partial charge on any atom is -0.480 e. The van der Waals surface area contributed by atoms with E-state index in [1.54, 1.807) is 13.8 Å². The molecule has 0 rings (SSSR count). The number of aliphatic carboxylic acids is 2. The van der Waals surface area contributed by atoms with Crippen LogP contribution in [-0.2, 0) is 14.4 Å². The number of rotatable bonds is 7. The van der Waals surface area contributed by atoms with Gasteiger partial charge in [0.2, 0.25) is 5.91 Å². The highest BCUT2D eigenvalue weighted by molar-refractivity contribution is 5.87. The molecule has 0 saturated heterocycles. The van der Waals surface area contributed by atoms with Crippen molar-refractivity contribution in [1.82, 2.24) is 15.5 Å². The molecule has 19 heavy (non-hydrogen) atoms. The number of carbonyl (C=O) groups is 4. The number of carbonyl (C=O) groups excluding carboxylic acids is 2. The number of carboxylic acids is 2. The number of nitrogens with one attached hydrogen (secondary N) is 2. The molecule has 108 valence electrons. The fourth-order valence-corrected chi connectivity index (χ4v) is 1.17. The molecule has 0 aliphatic carbocycles. The van der Waals surface area contributed by atoms with E-state index in [9.17, 15) is 19.2 Å². The zero-order chi connectivity index (χ0) is 15.0. The summed E-state index contributed by atoms with van der Waals surface area (Å²) in [6.07, 6.45) is 0. The third-order valence-electron chi connectivity index (χ3n) is 1.79. The summed E-state index contributed by atoms with van der Waals surface area (Å²) >= 11 is 0. The summed E-state index contributed by atoms with van der Waals surface area (Å²) in [5.74, 6) is -3.14. The van der Waals surface area contributed by atoms with Crippen molar-refractivity contribution in [2.75, 3.05) is 19.6 Å². The monoisotopic (exact) mass is 275 g/mol. The molecule has 0 unspecified atom stereocenters. The second kappa shape index (κ2) is 7.90. The number of amides is 3. The lowest BCUT2D eigenvalue weighted by molar-refractivity contribution is -0.140. The lowest BCUT2D eigenvalue weighted by Crippen LogP contribution is -2.48. The third kappa shape index (κ3) is 8.41. The van der Waals surface area contributed by atoms with E-state index in [0.29, 0.717) is 4.90 Å². The van der Waals surface area contributed by atoms with E-state index in [1.165, 1.54) is 0 Å². The van der Waals surface area contributed by atoms with Crippen LogP contribution in [0.25, 0.3) is 0 Å². The van der Waals surface area contributed by atoms with Crippen molar-refractivity contribution in [3.05, 3.63) is 0 Å². The molecule has 0 saturated carbocycles. The largest absolute Gasteiger partial charge is 0.480 e. The molecule has 0 aromatic carbocycles. The molecule has 0 aliphatic rings. The molecule has 4 N–H and O–H groups in total. The molecular formula is C10H17N3O6. The van der Waals surface area contributed by atoms with Crippen molar-refractivity contribution in [3.8, 4) is 0 Å². The minimum atomic E-state index is -1.34. The molecule has 0 atom stereocenters. The van der Waals surface area contributed by atoms with Crippen LogP contribution in [0.1, 0.15) is 13.8 Å². The van der Waals surface area contributed by atoms with Gasteiger partial charge in [0.05, 0.1) is 6.54 Å². The molecule has 0 heterocycles. The second-order valence-electron chi connectivity index (χ2n) is 4.02. The summed E-state index contributed by atoms with van der Waals surface area (Å²) in [4.78, 5) is 44.3. The maximum Gasteiger partial charge on any atom is 0.323 e. The lowest BCUT2D eigenvalue weighted by Gasteiger charge is -2.19. The van der Waals surface area contributed by atoms with Gasteiger partial charge >= 0.3 is 18.0 Å². The Morgan fingerprint density at radius 3 is 1.89 bits per heavy atom. The summed E-state index contributed by atoms with van der Waals surface area (Å²) in [6.45, 7) is 1.60. The van der Waals surface area contributed by atoms with Gasteiger partial charge in [0, 0.05) is 6.04 Å². The van der Waals surface area contributed by atoms with Gasteiger partial charge in [0.1, 0.15) is 13.1 Å². The number of hydrogen-bond donors (Lipinski definition) is 4. The second-order valence-corrected chi connectivity index (χ2v) is 4.02. The van der Waals surface area contributed by atoms with E-state index in [4.69, 9.17) is 10.2 Å². The van der Waals surface area contributed by atoms with Crippen molar-refractivity contribution < 1.29 is 29.4 Å². The molecule has 9 nitrogen and oxygen atoms in total. The standard InChI is InChI=1S/C10H17N3O6/c1-6(2)12-7(14)3-11-10(19)13(4-8(15)16)5-9(17)18/h6H,3-5H2,1-2H3,(H,11,19)(H,12,14)(H,15,16)(H,17,18). The third-order valence-corrected chi connectivity index (χ3v) is 1.79. The van der Waals surface area contributed by atoms with E-state index < -0.39 is 37.0 Å². The first-order chi connectivity index (χ1) is 8.72. The van der Waals surface area contributed by atoms with E-state index in [1.807, 2.05) is 0 Å². The smallest absolute Gasteiger partial charge is 0.323 e. The summed E-state index contributed by atoms with van der Waals surface area (Å²) in [5.41, 5.74) is 0. The Morgan fingerprint density at radius 1 is 1.05 bits per heavy atom. The quantitative estimate of drug-likeness (QED) is 0.455. The van der Waals surface area contributed by atoms with Crippen LogP contribution in [0, 0.1) is 0 Å². The predicted octanol–water partition coefficient (Wildman–Crippen LogP) is -1.31. The molecular weight excluding hydrogens is 258 g/mol. The van der Waals surface area contributed by atoms with Crippen LogP contribution in [0.4, 0.5) is 4.79 Å². The average molecular weight is 275 g/mol. The van der Waals surface area contributed by atoms with Gasteiger partial charge in [-0.2, -0.15) is 0 Å². The van der Waals surface area contributed by atoms with Gasteiger partial charge in [-0.1, -0.05) is 0 Å². The normalized spacial score (nSPS) is 9.84. The van der Waals surface area contributed by atoms with Crippen molar-refractivity contribution in [2.24, 2.45) is 0 Å². The Kier molecular flexibility index (Phi) is 6.94. The van der Waals surface area contributed by atoms with Crippen LogP contribution in [0.15, 0.2) is 0 Å². The molecule has 0 fully saturated rings. The van der Waals surface area contributed by atoms with E-state index in [-0.39, 0.29) is 12.6 Å². The van der Waals surface area contributed by atoms with Crippen molar-refractivity contribution >= 4 is 23.9 Å². The molecule has 0 aromatic heterocycles. The summed E-state index contributed by atoms with van der Waals surface area (Å²) in [7, 11) is 0. The summed E-state index contributed by atoms with van der Waals surface area (Å²) in [5, 5.41) is 21.8. The molecule has 3 amide bonds. The summed E-state index contributed by atoms with van der Waals surface area (Å²) < 4.78 is 0. The van der Waals surface area contributed by atoms with E-state index in [0.717, 1.165) is 0 Å². The van der Waals surface area contributed by atoms with Crippen LogP contribution in [-0.4, -0.2) is 64.7 Å². The summed E-state index contributed by atoms with van der Waals surface area (Å²) in [6, 6.07) is -1.03. The molecule has 0 spiro atoms. The van der Waals surface area contributed by atoms with E-state index in [2.05, 4.69) is 10.6 Å². The maximum atomic E-state index is 11.5. The highest BCUT2D eigenvalue weighted by atomic mass is 16.4. The van der Waals surface area contributed by atoms with Crippen LogP contribution in [0.3, 0.4) is 0 Å². The van der Waals surface area contributed by atoms with Crippen LogP contribution >= 0.6 is 0 Å². The fraction of sp³-hybridized carbons (Fsp3) is 0.600. The maximum absolute atomic E-state index is 11.5. The topological polar surface area (TPSA) is 136 Å². The molecule has 0 radical (unpaired) electrons. The van der Waals surface area contributed by atoms with Gasteiger partial charge < -0.3 is 25.7 Å². The Balaban J connectivity index is 4.35. The Morgan fingerprint density at radius 2 is 1.53 bits per heavy atom. The molecule has 0 aliphatic heterocycles. The fourth-order valence-electron chi connectivity index (χ4n) is 1.17. The number of urea groups is 1. The Labute approximate surface area is 109 Å². The minimum absolute atomic E-state index is 0.0986. The Hall–Kier alpha value is -2.32. The van der Waals surface area contributed by atoms with Crippen LogP contribution < -0.4 is 10.6 Å².